The predicted molar refractivity (Wildman–Crippen MR) is 145 cm³/mol. The Kier molecular flexibility index (Phi) is 7.06. The van der Waals surface area contributed by atoms with E-state index in [1.54, 1.807) is 24.3 Å². The van der Waals surface area contributed by atoms with E-state index in [0.29, 0.717) is 29.5 Å². The zero-order valence-electron chi connectivity index (χ0n) is 20.1. The van der Waals surface area contributed by atoms with Gasteiger partial charge in [0.05, 0.1) is 37.1 Å². The number of pyridine rings is 1. The Balaban J connectivity index is 1.44. The maximum atomic E-state index is 11.8. The zero-order valence-corrected chi connectivity index (χ0v) is 20.8. The van der Waals surface area contributed by atoms with Crippen molar-refractivity contribution in [1.29, 1.82) is 0 Å². The minimum absolute atomic E-state index is 0.129. The lowest BCUT2D eigenvalue weighted by Crippen LogP contribution is -2.24. The second kappa shape index (κ2) is 10.6. The predicted octanol–water partition coefficient (Wildman–Crippen LogP) is 6.68. The van der Waals surface area contributed by atoms with Gasteiger partial charge in [0.25, 0.3) is 0 Å². The summed E-state index contributed by atoms with van der Waals surface area (Å²) in [5.41, 5.74) is 4.03. The quantitative estimate of drug-likeness (QED) is 0.297. The van der Waals surface area contributed by atoms with Crippen molar-refractivity contribution in [3.63, 3.8) is 0 Å². The molecule has 1 aliphatic rings. The summed E-state index contributed by atoms with van der Waals surface area (Å²) in [4.78, 5) is 16.5. The van der Waals surface area contributed by atoms with Crippen LogP contribution in [0.1, 0.15) is 32.7 Å². The summed E-state index contributed by atoms with van der Waals surface area (Å²) in [6.45, 7) is 0.838. The molecule has 1 aromatic heterocycles. The van der Waals surface area contributed by atoms with E-state index in [1.165, 1.54) is 13.2 Å². The van der Waals surface area contributed by atoms with Crippen LogP contribution in [0.3, 0.4) is 0 Å². The fourth-order valence-electron chi connectivity index (χ4n) is 4.22. The van der Waals surface area contributed by atoms with Crippen LogP contribution in [0.4, 0.5) is 0 Å². The Labute approximate surface area is 219 Å². The Morgan fingerprint density at radius 1 is 1.00 bits per heavy atom. The fraction of sp³-hybridized carbons (Fsp3) is 0.133. The molecule has 6 nitrogen and oxygen atoms in total. The smallest absolute Gasteiger partial charge is 0.336 e. The molecule has 0 aliphatic carbocycles. The number of aromatic nitrogens is 1. The third-order valence-electron chi connectivity index (χ3n) is 6.10. The fourth-order valence-corrected chi connectivity index (χ4v) is 4.39. The van der Waals surface area contributed by atoms with Gasteiger partial charge in [-0.25, -0.2) is 9.78 Å². The van der Waals surface area contributed by atoms with Crippen molar-refractivity contribution >= 4 is 46.7 Å². The summed E-state index contributed by atoms with van der Waals surface area (Å²) in [5.74, 6) is -1.70. The number of fused-ring (bicyclic) bond motifs is 1. The Bertz CT molecular complexity index is 1520. The maximum absolute atomic E-state index is 11.8. The first kappa shape index (κ1) is 24.7. The highest BCUT2D eigenvalue weighted by atomic mass is 35.5. The van der Waals surface area contributed by atoms with Crippen LogP contribution in [-0.4, -0.2) is 36.4 Å². The number of hydrogen-bond donors (Lipinski definition) is 1. The molecule has 37 heavy (non-hydrogen) atoms. The number of rotatable bonds is 7. The largest absolute Gasteiger partial charge is 0.497 e. The number of nitrogens with zero attached hydrogens (tertiary/aromatic N) is 1. The molecule has 0 bridgehead atoms. The van der Waals surface area contributed by atoms with Crippen LogP contribution in [0.25, 0.3) is 29.1 Å². The standard InChI is InChI=1S/C30H24ClNO5/c1-35-26-12-8-21(27(19-26)29(33)34)13-14-30(36-15-16-37-30)23-4-2-3-20(17-23)5-10-25-11-7-22-6-9-24(31)18-28(22)32-25/h2-14,17-19H,15-16H2,1H3,(H,33,34)/b10-5+,14-13?. The summed E-state index contributed by atoms with van der Waals surface area (Å²) in [6, 6.07) is 22.3. The van der Waals surface area contributed by atoms with E-state index in [1.807, 2.05) is 66.7 Å². The van der Waals surface area contributed by atoms with Gasteiger partial charge in [0, 0.05) is 16.0 Å². The van der Waals surface area contributed by atoms with Crippen LogP contribution in [0.2, 0.25) is 5.02 Å². The number of halogens is 1. The van der Waals surface area contributed by atoms with Gasteiger partial charge < -0.3 is 19.3 Å². The van der Waals surface area contributed by atoms with Gasteiger partial charge >= 0.3 is 5.97 Å². The maximum Gasteiger partial charge on any atom is 0.336 e. The molecule has 0 atom stereocenters. The number of aromatic carboxylic acids is 1. The summed E-state index contributed by atoms with van der Waals surface area (Å²) in [7, 11) is 1.50. The molecule has 186 valence electrons. The molecule has 0 unspecified atom stereocenters. The van der Waals surface area contributed by atoms with E-state index in [0.717, 1.165) is 27.7 Å². The summed E-state index contributed by atoms with van der Waals surface area (Å²) < 4.78 is 17.2. The molecule has 0 amide bonds. The molecule has 5 rings (SSSR count). The second-order valence-corrected chi connectivity index (χ2v) is 8.92. The highest BCUT2D eigenvalue weighted by molar-refractivity contribution is 6.31. The van der Waals surface area contributed by atoms with Crippen molar-refractivity contribution in [1.82, 2.24) is 4.98 Å². The topological polar surface area (TPSA) is 77.9 Å². The molecule has 1 saturated heterocycles. The minimum atomic E-state index is -1.13. The first-order chi connectivity index (χ1) is 18.0. The van der Waals surface area contributed by atoms with Gasteiger partial charge in [-0.2, -0.15) is 0 Å². The van der Waals surface area contributed by atoms with Crippen LogP contribution in [0, 0.1) is 0 Å². The molecule has 1 fully saturated rings. The van der Waals surface area contributed by atoms with Gasteiger partial charge in [-0.3, -0.25) is 0 Å². The van der Waals surface area contributed by atoms with Crippen LogP contribution in [-0.2, 0) is 15.3 Å². The van der Waals surface area contributed by atoms with E-state index in [-0.39, 0.29) is 5.56 Å². The van der Waals surface area contributed by atoms with Crippen LogP contribution >= 0.6 is 11.6 Å². The monoisotopic (exact) mass is 513 g/mol. The lowest BCUT2D eigenvalue weighted by molar-refractivity contribution is -0.122. The van der Waals surface area contributed by atoms with Gasteiger partial charge in [-0.05, 0) is 59.7 Å². The molecule has 7 heteroatoms. The van der Waals surface area contributed by atoms with Crippen LogP contribution in [0.5, 0.6) is 5.75 Å². The number of carboxylic acid groups (broad SMARTS) is 1. The van der Waals surface area contributed by atoms with Crippen molar-refractivity contribution in [2.75, 3.05) is 20.3 Å². The number of ether oxygens (including phenoxy) is 3. The third kappa shape index (κ3) is 5.42. The highest BCUT2D eigenvalue weighted by Gasteiger charge is 2.36. The third-order valence-corrected chi connectivity index (χ3v) is 6.34. The molecular formula is C30H24ClNO5. The highest BCUT2D eigenvalue weighted by Crippen LogP contribution is 2.35. The Morgan fingerprint density at radius 2 is 1.81 bits per heavy atom. The van der Waals surface area contributed by atoms with Gasteiger partial charge in [-0.15, -0.1) is 0 Å². The SMILES string of the molecule is COc1ccc(C=CC2(c3cccc(/C=C/c4ccc5ccc(Cl)cc5n4)c3)OCCO2)c(C(=O)O)c1. The minimum Gasteiger partial charge on any atom is -0.497 e. The molecule has 3 aromatic carbocycles. The molecule has 0 radical (unpaired) electrons. The normalized spacial score (nSPS) is 15.1. The Hall–Kier alpha value is -3.97. The van der Waals surface area contributed by atoms with Gasteiger partial charge in [0.1, 0.15) is 5.75 Å². The van der Waals surface area contributed by atoms with Crippen LogP contribution in [0.15, 0.2) is 78.9 Å². The van der Waals surface area contributed by atoms with Crippen molar-refractivity contribution in [3.05, 3.63) is 112 Å². The van der Waals surface area contributed by atoms with Gasteiger partial charge in [-0.1, -0.05) is 60.2 Å². The molecule has 4 aromatic rings. The van der Waals surface area contributed by atoms with Gasteiger partial charge in [0.15, 0.2) is 0 Å². The average Bonchev–Trinajstić information content (AvgIpc) is 3.41. The molecule has 2 heterocycles. The number of hydrogen-bond acceptors (Lipinski definition) is 5. The summed E-state index contributed by atoms with van der Waals surface area (Å²) >= 11 is 6.12. The Morgan fingerprint density at radius 3 is 2.59 bits per heavy atom. The summed E-state index contributed by atoms with van der Waals surface area (Å²) in [5, 5.41) is 11.3. The number of carbonyl (C=O) groups is 1. The van der Waals surface area contributed by atoms with E-state index in [4.69, 9.17) is 25.8 Å². The number of benzene rings is 3. The van der Waals surface area contributed by atoms with Crippen molar-refractivity contribution in [2.24, 2.45) is 0 Å². The second-order valence-electron chi connectivity index (χ2n) is 8.49. The van der Waals surface area contributed by atoms with Gasteiger partial charge in [0.2, 0.25) is 5.79 Å². The van der Waals surface area contributed by atoms with E-state index < -0.39 is 11.8 Å². The summed E-state index contributed by atoms with van der Waals surface area (Å²) in [6.07, 6.45) is 7.38. The first-order valence-electron chi connectivity index (χ1n) is 11.7. The number of carboxylic acids is 1. The molecule has 0 spiro atoms. The van der Waals surface area contributed by atoms with E-state index in [2.05, 4.69) is 4.98 Å². The molecule has 0 saturated carbocycles. The first-order valence-corrected chi connectivity index (χ1v) is 12.1. The zero-order chi connectivity index (χ0) is 25.8. The molecular weight excluding hydrogens is 490 g/mol. The lowest BCUT2D eigenvalue weighted by atomic mass is 9.99. The number of methoxy groups -OCH3 is 1. The van der Waals surface area contributed by atoms with E-state index in [9.17, 15) is 9.90 Å². The van der Waals surface area contributed by atoms with Crippen LogP contribution < -0.4 is 4.74 Å². The van der Waals surface area contributed by atoms with Crippen molar-refractivity contribution in [3.8, 4) is 5.75 Å². The molecule has 1 aliphatic heterocycles. The average molecular weight is 514 g/mol. The van der Waals surface area contributed by atoms with Crippen molar-refractivity contribution in [2.45, 2.75) is 5.79 Å². The van der Waals surface area contributed by atoms with Crippen molar-refractivity contribution < 1.29 is 24.1 Å². The molecule has 1 N–H and O–H groups in total. The lowest BCUT2D eigenvalue weighted by Gasteiger charge is -2.24. The van der Waals surface area contributed by atoms with E-state index >= 15 is 0 Å².